The van der Waals surface area contributed by atoms with Crippen LogP contribution in [-0.2, 0) is 4.79 Å². The van der Waals surface area contributed by atoms with Crippen molar-refractivity contribution in [3.63, 3.8) is 0 Å². The molecule has 0 aliphatic heterocycles. The topological polar surface area (TPSA) is 116 Å². The van der Waals surface area contributed by atoms with Crippen LogP contribution in [0.3, 0.4) is 0 Å². The van der Waals surface area contributed by atoms with Gasteiger partial charge in [0.25, 0.3) is 5.91 Å². The highest BCUT2D eigenvalue weighted by Gasteiger charge is 2.18. The van der Waals surface area contributed by atoms with Crippen LogP contribution in [0.4, 0.5) is 0 Å². The van der Waals surface area contributed by atoms with Crippen LogP contribution in [0.1, 0.15) is 27.6 Å². The van der Waals surface area contributed by atoms with Crippen LogP contribution < -0.4 is 24.4 Å². The van der Waals surface area contributed by atoms with Crippen LogP contribution in [0.15, 0.2) is 71.8 Å². The molecule has 9 heteroatoms. The first kappa shape index (κ1) is 24.3. The molecule has 2 N–H and O–H groups in total. The van der Waals surface area contributed by atoms with E-state index in [0.29, 0.717) is 34.1 Å². The molecule has 0 unspecified atom stereocenters. The Balaban J connectivity index is 1.61. The first-order valence-electron chi connectivity index (χ1n) is 10.1. The maximum Gasteiger partial charge on any atom is 0.343 e. The average Bonchev–Trinajstić information content (AvgIpc) is 2.88. The van der Waals surface area contributed by atoms with Gasteiger partial charge >= 0.3 is 5.97 Å². The number of hydrogen-bond acceptors (Lipinski definition) is 8. The normalized spacial score (nSPS) is 11.5. The zero-order chi connectivity index (χ0) is 24.5. The van der Waals surface area contributed by atoms with Crippen molar-refractivity contribution in [2.45, 2.75) is 6.10 Å². The van der Waals surface area contributed by atoms with Crippen molar-refractivity contribution in [3.8, 4) is 23.0 Å². The maximum absolute atomic E-state index is 12.6. The minimum absolute atomic E-state index is 0.222. The van der Waals surface area contributed by atoms with Crippen molar-refractivity contribution in [1.29, 1.82) is 0 Å². The molecule has 3 aromatic rings. The van der Waals surface area contributed by atoms with Gasteiger partial charge in [0.1, 0.15) is 5.75 Å². The summed E-state index contributed by atoms with van der Waals surface area (Å²) in [5.41, 5.74) is 3.62. The molecule has 3 aromatic carbocycles. The minimum Gasteiger partial charge on any atom is -0.493 e. The monoisotopic (exact) mass is 464 g/mol. The lowest BCUT2D eigenvalue weighted by Crippen LogP contribution is -2.25. The predicted molar refractivity (Wildman–Crippen MR) is 125 cm³/mol. The fourth-order valence-electron chi connectivity index (χ4n) is 3.01. The number of carbonyl (C=O) groups is 2. The first-order valence-corrected chi connectivity index (χ1v) is 10.1. The van der Waals surface area contributed by atoms with Crippen molar-refractivity contribution < 1.29 is 33.6 Å². The molecule has 0 aliphatic rings. The van der Waals surface area contributed by atoms with Crippen LogP contribution in [0.25, 0.3) is 0 Å². The number of esters is 1. The lowest BCUT2D eigenvalue weighted by Gasteiger charge is -2.13. The summed E-state index contributed by atoms with van der Waals surface area (Å²) < 4.78 is 21.2. The van der Waals surface area contributed by atoms with Gasteiger partial charge in [-0.2, -0.15) is 5.10 Å². The van der Waals surface area contributed by atoms with Gasteiger partial charge in [-0.05, 0) is 47.5 Å². The summed E-state index contributed by atoms with van der Waals surface area (Å²) in [6, 6.07) is 18.0. The minimum atomic E-state index is -1.32. The molecule has 0 fully saturated rings. The molecule has 176 valence electrons. The Labute approximate surface area is 196 Å². The number of ether oxygens (including phenoxy) is 4. The van der Waals surface area contributed by atoms with Crippen molar-refractivity contribution in [1.82, 2.24) is 5.43 Å². The summed E-state index contributed by atoms with van der Waals surface area (Å²) in [6.07, 6.45) is 0.0794. The van der Waals surface area contributed by atoms with Gasteiger partial charge in [0.05, 0.1) is 33.1 Å². The van der Waals surface area contributed by atoms with Crippen molar-refractivity contribution in [3.05, 3.63) is 83.4 Å². The lowest BCUT2D eigenvalue weighted by molar-refractivity contribution is -0.129. The summed E-state index contributed by atoms with van der Waals surface area (Å²) in [5, 5.41) is 13.9. The number of nitrogens with zero attached hydrogens (tertiary/aromatic N) is 1. The summed E-state index contributed by atoms with van der Waals surface area (Å²) in [7, 11) is 4.38. The number of amides is 1. The van der Waals surface area contributed by atoms with Gasteiger partial charge in [0.15, 0.2) is 17.6 Å². The zero-order valence-electron chi connectivity index (χ0n) is 18.8. The molecular weight excluding hydrogens is 440 g/mol. The van der Waals surface area contributed by atoms with E-state index in [4.69, 9.17) is 18.9 Å². The third-order valence-corrected chi connectivity index (χ3v) is 4.74. The number of rotatable bonds is 9. The number of hydrogen-bond donors (Lipinski definition) is 2. The third kappa shape index (κ3) is 5.90. The zero-order valence-corrected chi connectivity index (χ0v) is 18.8. The van der Waals surface area contributed by atoms with E-state index in [0.717, 1.165) is 0 Å². The van der Waals surface area contributed by atoms with E-state index in [2.05, 4.69) is 10.5 Å². The number of methoxy groups -OCH3 is 3. The first-order chi connectivity index (χ1) is 16.5. The SMILES string of the molecule is COc1cc(C(=O)Oc2ccc(C=NNC(=O)[C@@H](O)c3ccccc3)cc2)cc(OC)c1OC. The van der Waals surface area contributed by atoms with Crippen LogP contribution >= 0.6 is 0 Å². The van der Waals surface area contributed by atoms with Gasteiger partial charge in [0, 0.05) is 0 Å². The van der Waals surface area contributed by atoms with Crippen LogP contribution in [0.5, 0.6) is 23.0 Å². The standard InChI is InChI=1S/C25H24N2O7/c1-31-20-13-18(14-21(32-2)23(20)33-3)25(30)34-19-11-9-16(10-12-19)15-26-27-24(29)22(28)17-7-5-4-6-8-17/h4-15,22,28H,1-3H3,(H,27,29)/t22-/m0/s1. The Kier molecular flexibility index (Phi) is 8.20. The third-order valence-electron chi connectivity index (χ3n) is 4.74. The molecule has 0 heterocycles. The average molecular weight is 464 g/mol. The van der Waals surface area contributed by atoms with Crippen LogP contribution in [-0.4, -0.2) is 44.5 Å². The Morgan fingerprint density at radius 1 is 0.912 bits per heavy atom. The highest BCUT2D eigenvalue weighted by molar-refractivity contribution is 5.93. The van der Waals surface area contributed by atoms with E-state index in [-0.39, 0.29) is 5.56 Å². The molecule has 0 aliphatic carbocycles. The summed E-state index contributed by atoms with van der Waals surface area (Å²) >= 11 is 0. The molecule has 0 aromatic heterocycles. The Hall–Kier alpha value is -4.37. The number of aliphatic hydroxyl groups excluding tert-OH is 1. The highest BCUT2D eigenvalue weighted by Crippen LogP contribution is 2.38. The van der Waals surface area contributed by atoms with E-state index in [1.807, 2.05) is 0 Å². The molecular formula is C25H24N2O7. The second kappa shape index (κ2) is 11.5. The molecule has 0 radical (unpaired) electrons. The van der Waals surface area contributed by atoms with E-state index in [1.165, 1.54) is 39.7 Å². The molecule has 1 atom stereocenters. The Morgan fingerprint density at radius 2 is 1.53 bits per heavy atom. The number of nitrogens with one attached hydrogen (secondary N) is 1. The molecule has 0 saturated heterocycles. The molecule has 0 saturated carbocycles. The fourth-order valence-corrected chi connectivity index (χ4v) is 3.01. The van der Waals surface area contributed by atoms with E-state index >= 15 is 0 Å². The molecule has 3 rings (SSSR count). The largest absolute Gasteiger partial charge is 0.493 e. The molecule has 0 spiro atoms. The molecule has 9 nitrogen and oxygen atoms in total. The molecule has 0 bridgehead atoms. The smallest absolute Gasteiger partial charge is 0.343 e. The summed E-state index contributed by atoms with van der Waals surface area (Å²) in [6.45, 7) is 0. The van der Waals surface area contributed by atoms with Crippen molar-refractivity contribution in [2.24, 2.45) is 5.10 Å². The van der Waals surface area contributed by atoms with Gasteiger partial charge < -0.3 is 24.1 Å². The lowest BCUT2D eigenvalue weighted by atomic mass is 10.1. The van der Waals surface area contributed by atoms with E-state index < -0.39 is 18.0 Å². The number of hydrazone groups is 1. The quantitative estimate of drug-likeness (QED) is 0.216. The van der Waals surface area contributed by atoms with E-state index in [1.54, 1.807) is 54.6 Å². The number of carbonyl (C=O) groups excluding carboxylic acids is 2. The maximum atomic E-state index is 12.6. The van der Waals surface area contributed by atoms with E-state index in [9.17, 15) is 14.7 Å². The number of benzene rings is 3. The second-order valence-corrected chi connectivity index (χ2v) is 6.92. The van der Waals surface area contributed by atoms with Gasteiger partial charge in [0.2, 0.25) is 5.75 Å². The van der Waals surface area contributed by atoms with Crippen molar-refractivity contribution >= 4 is 18.1 Å². The summed E-state index contributed by atoms with van der Waals surface area (Å²) in [5.74, 6) is 0.0776. The molecule has 34 heavy (non-hydrogen) atoms. The fraction of sp³-hybridized carbons (Fsp3) is 0.160. The van der Waals surface area contributed by atoms with Crippen LogP contribution in [0, 0.1) is 0 Å². The van der Waals surface area contributed by atoms with Gasteiger partial charge in [-0.15, -0.1) is 0 Å². The van der Waals surface area contributed by atoms with Crippen LogP contribution in [0.2, 0.25) is 0 Å². The number of aliphatic hydroxyl groups is 1. The predicted octanol–water partition coefficient (Wildman–Crippen LogP) is 3.12. The second-order valence-electron chi connectivity index (χ2n) is 6.92. The summed E-state index contributed by atoms with van der Waals surface area (Å²) in [4.78, 5) is 24.6. The highest BCUT2D eigenvalue weighted by atomic mass is 16.5. The van der Waals surface area contributed by atoms with Crippen molar-refractivity contribution in [2.75, 3.05) is 21.3 Å². The molecule has 1 amide bonds. The van der Waals surface area contributed by atoms with Gasteiger partial charge in [-0.1, -0.05) is 30.3 Å². The van der Waals surface area contributed by atoms with Gasteiger partial charge in [-0.3, -0.25) is 4.79 Å². The van der Waals surface area contributed by atoms with Gasteiger partial charge in [-0.25, -0.2) is 10.2 Å². The Bertz CT molecular complexity index is 1140. The Morgan fingerprint density at radius 3 is 2.09 bits per heavy atom.